The van der Waals surface area contributed by atoms with Gasteiger partial charge >= 0.3 is 86.1 Å². The summed E-state index contributed by atoms with van der Waals surface area (Å²) in [7, 11) is 0. The Labute approximate surface area is 181 Å². The summed E-state index contributed by atoms with van der Waals surface area (Å²) >= 11 is 0. The maximum atomic E-state index is 2.78. The SMILES string of the molecule is [H-].[Li+].[Li+].[Li+].[Na+].[c-]1c[c-]c[c-]c1.c1ccc2ccccc2c1. The number of hydrogen-bond donors (Lipinski definition) is 0. The molecule has 4 heteroatoms. The van der Waals surface area contributed by atoms with Crippen molar-refractivity contribution in [1.29, 1.82) is 0 Å². The van der Waals surface area contributed by atoms with Gasteiger partial charge in [0.05, 0.1) is 0 Å². The van der Waals surface area contributed by atoms with Gasteiger partial charge in [-0.1, -0.05) is 48.5 Å². The third kappa shape index (κ3) is 9.61. The Hall–Kier alpha value is 0.712. The van der Waals surface area contributed by atoms with E-state index in [1.165, 1.54) is 10.8 Å². The van der Waals surface area contributed by atoms with E-state index in [9.17, 15) is 0 Å². The third-order valence-corrected chi connectivity index (χ3v) is 2.16. The summed E-state index contributed by atoms with van der Waals surface area (Å²) in [5.41, 5.74) is 0. The Balaban J connectivity index is -0.000000119. The molecule has 3 aromatic rings. The molecule has 0 fully saturated rings. The van der Waals surface area contributed by atoms with Gasteiger partial charge in [-0.15, -0.1) is 0 Å². The maximum absolute atomic E-state index is 2.78. The van der Waals surface area contributed by atoms with Crippen LogP contribution in [0, 0.1) is 18.2 Å². The molecule has 80 valence electrons. The van der Waals surface area contributed by atoms with Gasteiger partial charge in [-0.2, -0.15) is 0 Å². The second kappa shape index (κ2) is 16.1. The molecule has 0 heterocycles. The van der Waals surface area contributed by atoms with Crippen LogP contribution >= 0.6 is 0 Å². The van der Waals surface area contributed by atoms with Crippen LogP contribution in [0.5, 0.6) is 0 Å². The molecule has 0 saturated carbocycles. The topological polar surface area (TPSA) is 0 Å². The molecular weight excluding hydrogens is 236 g/mol. The summed E-state index contributed by atoms with van der Waals surface area (Å²) in [4.78, 5) is 0. The second-order valence-electron chi connectivity index (χ2n) is 3.28. The standard InChI is InChI=1S/C10H8.C6H3.3Li.Na.H/c1-2-6-10-8-4-3-7-9(10)5-1;1-2-4-6-5-3-1;;;;;/h1-8H;1,4-5H;;;;;/q;-3;4*+1;-1. The molecular formula is C16H12Li3Na. The van der Waals surface area contributed by atoms with Gasteiger partial charge in [0.1, 0.15) is 0 Å². The quantitative estimate of drug-likeness (QED) is 0.274. The third-order valence-electron chi connectivity index (χ3n) is 2.16. The normalized spacial score (nSPS) is 7.40. The molecule has 0 bridgehead atoms. The summed E-state index contributed by atoms with van der Waals surface area (Å²) in [6.45, 7) is 0. The molecule has 0 nitrogen and oxygen atoms in total. The number of benzene rings is 3. The average molecular weight is 248 g/mol. The van der Waals surface area contributed by atoms with Crippen molar-refractivity contribution in [3.05, 3.63) is 84.9 Å². The van der Waals surface area contributed by atoms with Crippen molar-refractivity contribution in [3.63, 3.8) is 0 Å². The maximum Gasteiger partial charge on any atom is 1.00 e. The van der Waals surface area contributed by atoms with Crippen molar-refractivity contribution in [2.75, 3.05) is 0 Å². The first-order valence-electron chi connectivity index (χ1n) is 5.14. The molecule has 20 heavy (non-hydrogen) atoms. The van der Waals surface area contributed by atoms with Gasteiger partial charge in [0, 0.05) is 0 Å². The van der Waals surface area contributed by atoms with Gasteiger partial charge in [0.15, 0.2) is 0 Å². The van der Waals surface area contributed by atoms with E-state index in [1.54, 1.807) is 18.2 Å². The van der Waals surface area contributed by atoms with Crippen LogP contribution in [0.1, 0.15) is 1.43 Å². The molecule has 0 N–H and O–H groups in total. The first-order chi connectivity index (χ1) is 7.97. The van der Waals surface area contributed by atoms with E-state index in [2.05, 4.69) is 66.7 Å². The molecule has 0 spiro atoms. The molecule has 0 aliphatic carbocycles. The van der Waals surface area contributed by atoms with E-state index in [-0.39, 0.29) is 87.6 Å². The van der Waals surface area contributed by atoms with Crippen LogP contribution in [0.4, 0.5) is 0 Å². The molecule has 0 saturated heterocycles. The minimum absolute atomic E-state index is 0. The minimum atomic E-state index is 0. The summed E-state index contributed by atoms with van der Waals surface area (Å²) in [5.74, 6) is 0. The molecule has 0 atom stereocenters. The van der Waals surface area contributed by atoms with E-state index < -0.39 is 0 Å². The fraction of sp³-hybridized carbons (Fsp3) is 0. The van der Waals surface area contributed by atoms with E-state index in [1.807, 2.05) is 0 Å². The second-order valence-corrected chi connectivity index (χ2v) is 3.28. The molecule has 0 unspecified atom stereocenters. The summed E-state index contributed by atoms with van der Waals surface area (Å²) in [6.07, 6.45) is 0. The van der Waals surface area contributed by atoms with Crippen molar-refractivity contribution < 1.29 is 87.6 Å². The Bertz CT molecular complexity index is 458. The predicted octanol–water partition coefficient (Wildman–Crippen LogP) is -7.94. The number of fused-ring (bicyclic) bond motifs is 1. The first kappa shape index (κ1) is 25.7. The largest absolute Gasteiger partial charge is 1.00 e. The van der Waals surface area contributed by atoms with Gasteiger partial charge in [0.25, 0.3) is 0 Å². The van der Waals surface area contributed by atoms with Crippen LogP contribution < -0.4 is 86.1 Å². The van der Waals surface area contributed by atoms with Gasteiger partial charge in [-0.3, -0.25) is 0 Å². The van der Waals surface area contributed by atoms with E-state index in [0.29, 0.717) is 0 Å². The molecule has 0 radical (unpaired) electrons. The summed E-state index contributed by atoms with van der Waals surface area (Å²) in [6, 6.07) is 30.2. The van der Waals surface area contributed by atoms with Crippen molar-refractivity contribution in [1.82, 2.24) is 0 Å². The van der Waals surface area contributed by atoms with Gasteiger partial charge in [-0.05, 0) is 10.8 Å². The van der Waals surface area contributed by atoms with E-state index in [0.717, 1.165) is 0 Å². The Morgan fingerprint density at radius 2 is 0.800 bits per heavy atom. The monoisotopic (exact) mass is 248 g/mol. The van der Waals surface area contributed by atoms with Crippen LogP contribution in [-0.2, 0) is 0 Å². The summed E-state index contributed by atoms with van der Waals surface area (Å²) < 4.78 is 0. The van der Waals surface area contributed by atoms with Crippen molar-refractivity contribution in [3.8, 4) is 0 Å². The van der Waals surface area contributed by atoms with Crippen molar-refractivity contribution >= 4 is 10.8 Å². The molecule has 0 aliphatic heterocycles. The number of rotatable bonds is 0. The first-order valence-corrected chi connectivity index (χ1v) is 5.14. The average Bonchev–Trinajstić information content (AvgIpc) is 2.42. The van der Waals surface area contributed by atoms with Crippen molar-refractivity contribution in [2.24, 2.45) is 0 Å². The smallest absolute Gasteiger partial charge is 1.00 e. The molecule has 3 aromatic carbocycles. The molecule has 3 rings (SSSR count). The number of hydrogen-bond acceptors (Lipinski definition) is 0. The summed E-state index contributed by atoms with van der Waals surface area (Å²) in [5, 5.41) is 2.62. The zero-order valence-electron chi connectivity index (χ0n) is 13.9. The minimum Gasteiger partial charge on any atom is -1.00 e. The van der Waals surface area contributed by atoms with Crippen molar-refractivity contribution in [2.45, 2.75) is 0 Å². The fourth-order valence-electron chi connectivity index (χ4n) is 1.40. The Morgan fingerprint density at radius 3 is 1.00 bits per heavy atom. The molecule has 0 aliphatic rings. The van der Waals surface area contributed by atoms with Crippen LogP contribution in [0.15, 0.2) is 66.7 Å². The van der Waals surface area contributed by atoms with Gasteiger partial charge in [-0.25, -0.2) is 0 Å². The van der Waals surface area contributed by atoms with Crippen LogP contribution in [0.3, 0.4) is 0 Å². The van der Waals surface area contributed by atoms with E-state index >= 15 is 0 Å². The Kier molecular flexibility index (Phi) is 20.6. The predicted molar refractivity (Wildman–Crippen MR) is 68.0 cm³/mol. The van der Waals surface area contributed by atoms with Gasteiger partial charge in [0.2, 0.25) is 0 Å². The fourth-order valence-corrected chi connectivity index (χ4v) is 1.40. The van der Waals surface area contributed by atoms with Crippen LogP contribution in [0.25, 0.3) is 10.8 Å². The zero-order valence-corrected chi connectivity index (χ0v) is 14.9. The molecule has 0 aromatic heterocycles. The zero-order chi connectivity index (χ0) is 11.1. The Morgan fingerprint density at radius 1 is 0.550 bits per heavy atom. The van der Waals surface area contributed by atoms with Gasteiger partial charge < -0.3 is 37.8 Å². The van der Waals surface area contributed by atoms with Crippen LogP contribution in [-0.4, -0.2) is 0 Å². The van der Waals surface area contributed by atoms with Crippen LogP contribution in [0.2, 0.25) is 0 Å². The molecule has 0 amide bonds. The van der Waals surface area contributed by atoms with E-state index in [4.69, 9.17) is 0 Å².